The van der Waals surface area contributed by atoms with Gasteiger partial charge in [-0.3, -0.25) is 9.89 Å². The zero-order valence-corrected chi connectivity index (χ0v) is 16.4. The molecule has 0 saturated heterocycles. The highest BCUT2D eigenvalue weighted by Crippen LogP contribution is 2.32. The second-order valence-corrected chi connectivity index (χ2v) is 5.93. The number of nitrogens with one attached hydrogen (secondary N) is 2. The number of rotatable bonds is 8. The molecular formula is C21H22N4O4. The summed E-state index contributed by atoms with van der Waals surface area (Å²) in [7, 11) is 3.15. The fourth-order valence-electron chi connectivity index (χ4n) is 2.63. The van der Waals surface area contributed by atoms with Crippen LogP contribution in [0.3, 0.4) is 0 Å². The van der Waals surface area contributed by atoms with E-state index in [1.54, 1.807) is 44.7 Å². The lowest BCUT2D eigenvalue weighted by Crippen LogP contribution is -2.17. The summed E-state index contributed by atoms with van der Waals surface area (Å²) in [5, 5.41) is 10.9. The maximum atomic E-state index is 12.3. The summed E-state index contributed by atoms with van der Waals surface area (Å²) in [6, 6.07) is 14.4. The molecule has 2 aromatic carbocycles. The number of hydrogen-bond acceptors (Lipinski definition) is 6. The number of H-pyrrole nitrogens is 1. The number of aromatic amines is 1. The number of nitrogens with zero attached hydrogens (tertiary/aromatic N) is 2. The van der Waals surface area contributed by atoms with E-state index in [9.17, 15) is 4.79 Å². The lowest BCUT2D eigenvalue weighted by atomic mass is 10.1. The number of aromatic nitrogens is 2. The Labute approximate surface area is 168 Å². The molecule has 0 aliphatic carbocycles. The Morgan fingerprint density at radius 3 is 2.55 bits per heavy atom. The van der Waals surface area contributed by atoms with E-state index >= 15 is 0 Å². The van der Waals surface area contributed by atoms with E-state index in [0.717, 1.165) is 11.3 Å². The molecular weight excluding hydrogens is 372 g/mol. The maximum absolute atomic E-state index is 12.3. The molecule has 3 aromatic rings. The zero-order valence-electron chi connectivity index (χ0n) is 16.4. The lowest BCUT2D eigenvalue weighted by Gasteiger charge is -2.08. The number of methoxy groups -OCH3 is 2. The van der Waals surface area contributed by atoms with Crippen molar-refractivity contribution in [1.82, 2.24) is 15.6 Å². The van der Waals surface area contributed by atoms with Crippen LogP contribution in [-0.2, 0) is 0 Å². The summed E-state index contributed by atoms with van der Waals surface area (Å²) < 4.78 is 16.0. The van der Waals surface area contributed by atoms with Crippen LogP contribution in [0.5, 0.6) is 17.2 Å². The van der Waals surface area contributed by atoms with Gasteiger partial charge in [-0.1, -0.05) is 0 Å². The molecule has 3 rings (SSSR count). The average molecular weight is 394 g/mol. The molecule has 0 saturated carbocycles. The van der Waals surface area contributed by atoms with Gasteiger partial charge in [-0.2, -0.15) is 10.2 Å². The second-order valence-electron chi connectivity index (χ2n) is 5.93. The van der Waals surface area contributed by atoms with Crippen molar-refractivity contribution in [3.8, 4) is 28.5 Å². The van der Waals surface area contributed by atoms with E-state index in [2.05, 4.69) is 20.7 Å². The molecule has 150 valence electrons. The molecule has 8 heteroatoms. The molecule has 1 amide bonds. The SMILES string of the molecule is CCOc1ccc(/C=N/NC(=O)c2cc(-c3cc(OC)ccc3OC)n[nH]2)cc1. The van der Waals surface area contributed by atoms with Crippen LogP contribution in [0.2, 0.25) is 0 Å². The first-order valence-electron chi connectivity index (χ1n) is 8.98. The molecule has 0 bridgehead atoms. The Kier molecular flexibility index (Phi) is 6.47. The summed E-state index contributed by atoms with van der Waals surface area (Å²) in [4.78, 5) is 12.3. The van der Waals surface area contributed by atoms with Crippen molar-refractivity contribution >= 4 is 12.1 Å². The van der Waals surface area contributed by atoms with Gasteiger partial charge in [0.1, 0.15) is 22.9 Å². The van der Waals surface area contributed by atoms with Gasteiger partial charge in [0.2, 0.25) is 0 Å². The van der Waals surface area contributed by atoms with Crippen molar-refractivity contribution in [2.75, 3.05) is 20.8 Å². The van der Waals surface area contributed by atoms with E-state index in [0.29, 0.717) is 29.4 Å². The maximum Gasteiger partial charge on any atom is 0.289 e. The minimum atomic E-state index is -0.409. The Hall–Kier alpha value is -3.81. The number of benzene rings is 2. The van der Waals surface area contributed by atoms with Crippen LogP contribution in [0.4, 0.5) is 0 Å². The smallest absolute Gasteiger partial charge is 0.289 e. The molecule has 0 aliphatic heterocycles. The largest absolute Gasteiger partial charge is 0.497 e. The van der Waals surface area contributed by atoms with E-state index in [1.807, 2.05) is 31.2 Å². The molecule has 0 spiro atoms. The van der Waals surface area contributed by atoms with Crippen LogP contribution in [-0.4, -0.2) is 43.1 Å². The van der Waals surface area contributed by atoms with Crippen LogP contribution in [0, 0.1) is 0 Å². The van der Waals surface area contributed by atoms with E-state index < -0.39 is 5.91 Å². The van der Waals surface area contributed by atoms with Crippen LogP contribution in [0.15, 0.2) is 53.6 Å². The van der Waals surface area contributed by atoms with Crippen LogP contribution in [0.25, 0.3) is 11.3 Å². The topological polar surface area (TPSA) is 97.8 Å². The van der Waals surface area contributed by atoms with E-state index in [-0.39, 0.29) is 5.69 Å². The van der Waals surface area contributed by atoms with E-state index in [1.165, 1.54) is 0 Å². The molecule has 1 aromatic heterocycles. The number of hydrogen-bond donors (Lipinski definition) is 2. The summed E-state index contributed by atoms with van der Waals surface area (Å²) in [6.45, 7) is 2.54. The third-order valence-corrected chi connectivity index (χ3v) is 4.08. The molecule has 1 heterocycles. The van der Waals surface area contributed by atoms with Crippen molar-refractivity contribution in [2.24, 2.45) is 5.10 Å². The highest BCUT2D eigenvalue weighted by atomic mass is 16.5. The molecule has 0 radical (unpaired) electrons. The van der Waals surface area contributed by atoms with Gasteiger partial charge in [-0.25, -0.2) is 5.43 Å². The number of amides is 1. The van der Waals surface area contributed by atoms with Crippen molar-refractivity contribution < 1.29 is 19.0 Å². The standard InChI is InChI=1S/C21H22N4O4/c1-4-29-15-7-5-14(6-8-15)13-22-25-21(26)19-12-18(23-24-19)17-11-16(27-2)9-10-20(17)28-3/h5-13H,4H2,1-3H3,(H,23,24)(H,25,26)/b22-13+. The summed E-state index contributed by atoms with van der Waals surface area (Å²) in [5.41, 5.74) is 4.85. The zero-order chi connectivity index (χ0) is 20.6. The molecule has 2 N–H and O–H groups in total. The van der Waals surface area contributed by atoms with E-state index in [4.69, 9.17) is 14.2 Å². The fraction of sp³-hybridized carbons (Fsp3) is 0.190. The number of ether oxygens (including phenoxy) is 3. The quantitative estimate of drug-likeness (QED) is 0.451. The number of carbonyl (C=O) groups is 1. The van der Waals surface area contributed by atoms with Crippen molar-refractivity contribution in [1.29, 1.82) is 0 Å². The van der Waals surface area contributed by atoms with Gasteiger partial charge in [0, 0.05) is 5.56 Å². The Bertz CT molecular complexity index is 996. The molecule has 0 atom stereocenters. The first-order chi connectivity index (χ1) is 14.1. The van der Waals surface area contributed by atoms with Crippen LogP contribution >= 0.6 is 0 Å². The van der Waals surface area contributed by atoms with Crippen molar-refractivity contribution in [3.63, 3.8) is 0 Å². The Morgan fingerprint density at radius 2 is 1.86 bits per heavy atom. The summed E-state index contributed by atoms with van der Waals surface area (Å²) in [6.07, 6.45) is 1.55. The summed E-state index contributed by atoms with van der Waals surface area (Å²) in [5.74, 6) is 1.66. The molecule has 0 unspecified atom stereocenters. The Balaban J connectivity index is 1.68. The van der Waals surface area contributed by atoms with Gasteiger partial charge in [0.25, 0.3) is 5.91 Å². The normalized spacial score (nSPS) is 10.7. The van der Waals surface area contributed by atoms with Crippen LogP contribution in [0.1, 0.15) is 23.0 Å². The van der Waals surface area contributed by atoms with Crippen molar-refractivity contribution in [2.45, 2.75) is 6.92 Å². The second kappa shape index (κ2) is 9.41. The van der Waals surface area contributed by atoms with Gasteiger partial charge in [-0.15, -0.1) is 0 Å². The fourth-order valence-corrected chi connectivity index (χ4v) is 2.63. The van der Waals surface area contributed by atoms with Crippen molar-refractivity contribution in [3.05, 3.63) is 59.8 Å². The lowest BCUT2D eigenvalue weighted by molar-refractivity contribution is 0.0950. The minimum Gasteiger partial charge on any atom is -0.497 e. The third-order valence-electron chi connectivity index (χ3n) is 4.08. The first-order valence-corrected chi connectivity index (χ1v) is 8.98. The summed E-state index contributed by atoms with van der Waals surface area (Å²) >= 11 is 0. The minimum absolute atomic E-state index is 0.272. The van der Waals surface area contributed by atoms with Gasteiger partial charge in [-0.05, 0) is 61.0 Å². The first kappa shape index (κ1) is 19.9. The highest BCUT2D eigenvalue weighted by Gasteiger charge is 2.14. The van der Waals surface area contributed by atoms with Gasteiger partial charge in [0.05, 0.1) is 32.7 Å². The van der Waals surface area contributed by atoms with Gasteiger partial charge < -0.3 is 14.2 Å². The number of carbonyl (C=O) groups excluding carboxylic acids is 1. The van der Waals surface area contributed by atoms with Gasteiger partial charge >= 0.3 is 0 Å². The molecule has 0 fully saturated rings. The molecule has 8 nitrogen and oxygen atoms in total. The highest BCUT2D eigenvalue weighted by molar-refractivity contribution is 5.94. The Morgan fingerprint density at radius 1 is 1.10 bits per heavy atom. The average Bonchev–Trinajstić information content (AvgIpc) is 3.25. The number of hydrazone groups is 1. The predicted octanol–water partition coefficient (Wildman–Crippen LogP) is 3.26. The predicted molar refractivity (Wildman–Crippen MR) is 110 cm³/mol. The molecule has 29 heavy (non-hydrogen) atoms. The molecule has 0 aliphatic rings. The monoisotopic (exact) mass is 394 g/mol. The van der Waals surface area contributed by atoms with Crippen LogP contribution < -0.4 is 19.6 Å². The third kappa shape index (κ3) is 4.92. The van der Waals surface area contributed by atoms with Gasteiger partial charge in [0.15, 0.2) is 0 Å².